The fourth-order valence-electron chi connectivity index (χ4n) is 2.01. The molecule has 2 heterocycles. The highest BCUT2D eigenvalue weighted by Crippen LogP contribution is 2.23. The summed E-state index contributed by atoms with van der Waals surface area (Å²) in [5, 5.41) is 36.5. The zero-order chi connectivity index (χ0) is 18.3. The van der Waals surface area contributed by atoms with Gasteiger partial charge < -0.3 is 36.4 Å². The van der Waals surface area contributed by atoms with Gasteiger partial charge in [-0.1, -0.05) is 0 Å². The third kappa shape index (κ3) is 5.31. The van der Waals surface area contributed by atoms with Gasteiger partial charge in [0, 0.05) is 12.2 Å². The topological polar surface area (TPSA) is 173 Å². The van der Waals surface area contributed by atoms with E-state index in [0.29, 0.717) is 24.5 Å². The molecule has 2 rings (SSSR count). The molecule has 0 aromatic rings. The second-order valence-electron chi connectivity index (χ2n) is 5.66. The van der Waals surface area contributed by atoms with Crippen LogP contribution in [-0.2, 0) is 14.4 Å². The number of hydrogen-bond donors (Lipinski definition) is 6. The van der Waals surface area contributed by atoms with Crippen molar-refractivity contribution >= 4 is 29.5 Å². The van der Waals surface area contributed by atoms with Gasteiger partial charge in [0.15, 0.2) is 0 Å². The molecule has 2 saturated heterocycles. The van der Waals surface area contributed by atoms with E-state index in [1.807, 2.05) is 0 Å². The molecule has 2 atom stereocenters. The molecule has 24 heavy (non-hydrogen) atoms. The van der Waals surface area contributed by atoms with E-state index < -0.39 is 43.4 Å². The third-order valence-electron chi connectivity index (χ3n) is 3.69. The Balaban J connectivity index is 0.000000307. The Morgan fingerprint density at radius 2 is 1.88 bits per heavy atom. The number of hydrogen-bond acceptors (Lipinski definition) is 8. The van der Waals surface area contributed by atoms with Crippen molar-refractivity contribution < 1.29 is 34.8 Å². The lowest BCUT2D eigenvalue weighted by atomic mass is 10.1. The second-order valence-corrected chi connectivity index (χ2v) is 6.66. The molecule has 0 aromatic heterocycles. The van der Waals surface area contributed by atoms with Crippen LogP contribution in [0.4, 0.5) is 0 Å². The van der Waals surface area contributed by atoms with Gasteiger partial charge >= 0.3 is 5.97 Å². The first-order valence-corrected chi connectivity index (χ1v) is 8.45. The summed E-state index contributed by atoms with van der Waals surface area (Å²) >= 11 is 1.42. The SMILES string of the molecule is NC(CO)(CO)CO.O=C1CC[C@@H](C(=O)N2CSC[C@H]2C(=O)O)N1. The second kappa shape index (κ2) is 9.18. The fraction of sp³-hybridized carbons (Fsp3) is 0.769. The van der Waals surface area contributed by atoms with Crippen LogP contribution in [0.3, 0.4) is 0 Å². The van der Waals surface area contributed by atoms with Gasteiger partial charge in [0.25, 0.3) is 0 Å². The van der Waals surface area contributed by atoms with Crippen molar-refractivity contribution in [2.75, 3.05) is 31.5 Å². The van der Waals surface area contributed by atoms with Crippen LogP contribution in [0, 0.1) is 0 Å². The Hall–Kier alpha value is -1.40. The Labute approximate surface area is 143 Å². The van der Waals surface area contributed by atoms with Crippen molar-refractivity contribution in [3.63, 3.8) is 0 Å². The van der Waals surface area contributed by atoms with Crippen molar-refractivity contribution in [1.82, 2.24) is 10.2 Å². The Morgan fingerprint density at radius 1 is 1.29 bits per heavy atom. The molecule has 0 bridgehead atoms. The summed E-state index contributed by atoms with van der Waals surface area (Å²) in [6, 6.07) is -1.29. The number of thioether (sulfide) groups is 1. The minimum absolute atomic E-state index is 0.142. The van der Waals surface area contributed by atoms with Crippen LogP contribution >= 0.6 is 11.8 Å². The standard InChI is InChI=1S/C9H12N2O4S.C4H11NO3/c12-7-2-1-5(10-7)8(13)11-4-16-3-6(11)9(14)15;5-4(1-6,2-7)3-8/h5-6H,1-4H2,(H,10,12)(H,14,15);6-8H,1-3,5H2/t5-,6-;/m0./s1. The normalized spacial score (nSPS) is 23.5. The van der Waals surface area contributed by atoms with E-state index in [2.05, 4.69) is 5.32 Å². The van der Waals surface area contributed by atoms with E-state index >= 15 is 0 Å². The molecule has 2 aliphatic heterocycles. The number of amides is 2. The van der Waals surface area contributed by atoms with Gasteiger partial charge in [-0.25, -0.2) is 4.79 Å². The molecule has 0 radical (unpaired) electrons. The number of carbonyl (C=O) groups is 3. The highest BCUT2D eigenvalue weighted by atomic mass is 32.2. The van der Waals surface area contributed by atoms with Gasteiger partial charge in [0.05, 0.1) is 31.2 Å². The van der Waals surface area contributed by atoms with Gasteiger partial charge in [-0.3, -0.25) is 9.59 Å². The quantitative estimate of drug-likeness (QED) is 0.295. The molecule has 0 spiro atoms. The minimum atomic E-state index is -1.21. The van der Waals surface area contributed by atoms with Crippen LogP contribution in [0.5, 0.6) is 0 Å². The number of nitrogens with one attached hydrogen (secondary N) is 1. The van der Waals surface area contributed by atoms with Crippen LogP contribution in [-0.4, -0.2) is 92.2 Å². The first kappa shape index (κ1) is 20.6. The predicted molar refractivity (Wildman–Crippen MR) is 84.9 cm³/mol. The maximum atomic E-state index is 11.9. The Morgan fingerprint density at radius 3 is 2.25 bits per heavy atom. The predicted octanol–water partition coefficient (Wildman–Crippen LogP) is -3.09. The zero-order valence-electron chi connectivity index (χ0n) is 13.1. The summed E-state index contributed by atoms with van der Waals surface area (Å²) in [6.07, 6.45) is 0.806. The van der Waals surface area contributed by atoms with E-state index in [1.165, 1.54) is 16.7 Å². The summed E-state index contributed by atoms with van der Waals surface area (Å²) in [6.45, 7) is -1.21. The summed E-state index contributed by atoms with van der Waals surface area (Å²) in [7, 11) is 0. The third-order valence-corrected chi connectivity index (χ3v) is 4.70. The van der Waals surface area contributed by atoms with E-state index in [9.17, 15) is 14.4 Å². The molecular formula is C13H23N3O7S. The van der Waals surface area contributed by atoms with E-state index in [0.717, 1.165) is 0 Å². The molecule has 7 N–H and O–H groups in total. The van der Waals surface area contributed by atoms with E-state index in [4.69, 9.17) is 26.2 Å². The van der Waals surface area contributed by atoms with E-state index in [-0.39, 0.29) is 11.8 Å². The van der Waals surface area contributed by atoms with Crippen molar-refractivity contribution in [1.29, 1.82) is 0 Å². The van der Waals surface area contributed by atoms with Crippen LogP contribution in [0.15, 0.2) is 0 Å². The average molecular weight is 365 g/mol. The highest BCUT2D eigenvalue weighted by molar-refractivity contribution is 7.99. The largest absolute Gasteiger partial charge is 0.480 e. The maximum absolute atomic E-state index is 11.9. The number of rotatable bonds is 5. The summed E-state index contributed by atoms with van der Waals surface area (Å²) < 4.78 is 0. The zero-order valence-corrected chi connectivity index (χ0v) is 13.9. The maximum Gasteiger partial charge on any atom is 0.327 e. The number of aliphatic hydroxyl groups excluding tert-OH is 3. The van der Waals surface area contributed by atoms with Gasteiger partial charge in [0.2, 0.25) is 11.8 Å². The summed E-state index contributed by atoms with van der Waals surface area (Å²) in [5.41, 5.74) is 3.94. The molecule has 0 aliphatic carbocycles. The number of aliphatic hydroxyl groups is 3. The van der Waals surface area contributed by atoms with Gasteiger partial charge in [-0.05, 0) is 6.42 Å². The smallest absolute Gasteiger partial charge is 0.327 e. The van der Waals surface area contributed by atoms with Crippen molar-refractivity contribution in [3.05, 3.63) is 0 Å². The number of nitrogens with zero attached hydrogens (tertiary/aromatic N) is 1. The molecular weight excluding hydrogens is 342 g/mol. The molecule has 2 amide bonds. The van der Waals surface area contributed by atoms with Crippen molar-refractivity contribution in [2.45, 2.75) is 30.5 Å². The van der Waals surface area contributed by atoms with Crippen molar-refractivity contribution in [3.8, 4) is 0 Å². The molecule has 0 unspecified atom stereocenters. The fourth-order valence-corrected chi connectivity index (χ4v) is 3.17. The number of carbonyl (C=O) groups excluding carboxylic acids is 2. The number of carboxylic acids is 1. The lowest BCUT2D eigenvalue weighted by Crippen LogP contribution is -2.50. The molecule has 2 fully saturated rings. The Bertz CT molecular complexity index is 464. The Kier molecular flexibility index (Phi) is 7.90. The van der Waals surface area contributed by atoms with Crippen LogP contribution < -0.4 is 11.1 Å². The first-order chi connectivity index (χ1) is 11.3. The van der Waals surface area contributed by atoms with E-state index in [1.54, 1.807) is 0 Å². The van der Waals surface area contributed by atoms with Gasteiger partial charge in [-0.15, -0.1) is 11.8 Å². The lowest BCUT2D eigenvalue weighted by Gasteiger charge is -2.23. The van der Waals surface area contributed by atoms with Crippen LogP contribution in [0.2, 0.25) is 0 Å². The molecule has 0 aromatic carbocycles. The molecule has 0 saturated carbocycles. The van der Waals surface area contributed by atoms with Crippen molar-refractivity contribution in [2.24, 2.45) is 5.73 Å². The van der Waals surface area contributed by atoms with Gasteiger partial charge in [-0.2, -0.15) is 0 Å². The first-order valence-electron chi connectivity index (χ1n) is 7.30. The molecule has 11 heteroatoms. The minimum Gasteiger partial charge on any atom is -0.480 e. The lowest BCUT2D eigenvalue weighted by molar-refractivity contribution is -0.148. The molecule has 10 nitrogen and oxygen atoms in total. The molecule has 138 valence electrons. The number of nitrogens with two attached hydrogens (primary N) is 1. The monoisotopic (exact) mass is 365 g/mol. The number of carboxylic acid groups (broad SMARTS) is 1. The van der Waals surface area contributed by atoms with Crippen LogP contribution in [0.25, 0.3) is 0 Å². The summed E-state index contributed by atoms with van der Waals surface area (Å²) in [5.74, 6) is -0.591. The summed E-state index contributed by atoms with van der Waals surface area (Å²) in [4.78, 5) is 35.2. The highest BCUT2D eigenvalue weighted by Gasteiger charge is 2.39. The van der Waals surface area contributed by atoms with Crippen LogP contribution in [0.1, 0.15) is 12.8 Å². The van der Waals surface area contributed by atoms with Gasteiger partial charge in [0.1, 0.15) is 12.1 Å². The molecule has 2 aliphatic rings. The average Bonchev–Trinajstić information content (AvgIpc) is 3.23. The number of aliphatic carboxylic acids is 1.